The summed E-state index contributed by atoms with van der Waals surface area (Å²) in [6.07, 6.45) is -0.459. The fourth-order valence-electron chi connectivity index (χ4n) is 1.58. The maximum Gasteiger partial charge on any atom is 0.252 e. The molecule has 4 heteroatoms. The van der Waals surface area contributed by atoms with Crippen molar-refractivity contribution in [2.75, 3.05) is 0 Å². The number of carbonyl (C=O) groups is 1. The van der Waals surface area contributed by atoms with E-state index in [1.165, 1.54) is 0 Å². The molecule has 3 nitrogen and oxygen atoms in total. The molecular weight excluding hydrogens is 226 g/mol. The summed E-state index contributed by atoms with van der Waals surface area (Å²) in [5.74, 6) is -0.0463. The van der Waals surface area contributed by atoms with Gasteiger partial charge in [-0.05, 0) is 31.5 Å². The summed E-state index contributed by atoms with van der Waals surface area (Å²) < 4.78 is 5.35. The number of halogens is 1. The Morgan fingerprint density at radius 3 is 2.56 bits per heavy atom. The van der Waals surface area contributed by atoms with Crippen molar-refractivity contribution in [1.29, 1.82) is 0 Å². The Kier molecular flexibility index (Phi) is 3.17. The maximum atomic E-state index is 11.6. The summed E-state index contributed by atoms with van der Waals surface area (Å²) in [5, 5.41) is 3.51. The van der Waals surface area contributed by atoms with Gasteiger partial charge in [0.15, 0.2) is 6.10 Å². The van der Waals surface area contributed by atoms with E-state index >= 15 is 0 Å². The van der Waals surface area contributed by atoms with E-state index in [-0.39, 0.29) is 24.2 Å². The topological polar surface area (TPSA) is 41.6 Å². The lowest BCUT2D eigenvalue weighted by molar-refractivity contribution is -0.122. The van der Waals surface area contributed by atoms with Crippen LogP contribution in [0.4, 0.5) is 0 Å². The summed E-state index contributed by atoms with van der Waals surface area (Å²) in [7, 11) is 0. The van der Waals surface area contributed by atoms with E-state index in [1.54, 1.807) is 12.1 Å². The second-order valence-corrected chi connectivity index (χ2v) is 4.63. The van der Waals surface area contributed by atoms with E-state index in [9.17, 15) is 4.79 Å². The largest absolute Gasteiger partial charge is 0.354 e. The van der Waals surface area contributed by atoms with Crippen LogP contribution in [0.2, 0.25) is 5.02 Å². The summed E-state index contributed by atoms with van der Waals surface area (Å²) in [6, 6.07) is 7.51. The smallest absolute Gasteiger partial charge is 0.252 e. The highest BCUT2D eigenvalue weighted by atomic mass is 35.5. The zero-order valence-corrected chi connectivity index (χ0v) is 9.99. The van der Waals surface area contributed by atoms with Crippen LogP contribution in [-0.4, -0.2) is 18.1 Å². The van der Waals surface area contributed by atoms with Gasteiger partial charge < -0.3 is 10.1 Å². The zero-order valence-electron chi connectivity index (χ0n) is 9.24. The highest BCUT2D eigenvalue weighted by molar-refractivity contribution is 6.30. The Labute approximate surface area is 99.7 Å². The number of carbonyl (C=O) groups excluding carboxylic acids is 1. The predicted octanol–water partition coefficient (Wildman–Crippen LogP) is 2.30. The minimum absolute atomic E-state index is 0.0463. The standard InChI is InChI=1S/C12H14ClNO2/c1-7(2)14-12(15)11-10(16-11)8-3-5-9(13)6-4-8/h3-7,10-11H,1-2H3,(H,14,15). The van der Waals surface area contributed by atoms with E-state index in [0.717, 1.165) is 5.56 Å². The number of benzene rings is 1. The quantitative estimate of drug-likeness (QED) is 0.823. The van der Waals surface area contributed by atoms with Crippen molar-refractivity contribution in [3.05, 3.63) is 34.9 Å². The molecule has 0 bridgehead atoms. The third-order valence-corrected chi connectivity index (χ3v) is 2.63. The van der Waals surface area contributed by atoms with Crippen molar-refractivity contribution in [3.8, 4) is 0 Å². The van der Waals surface area contributed by atoms with E-state index < -0.39 is 0 Å². The van der Waals surface area contributed by atoms with Gasteiger partial charge >= 0.3 is 0 Å². The first-order valence-electron chi connectivity index (χ1n) is 5.29. The number of nitrogens with one attached hydrogen (secondary N) is 1. The Morgan fingerprint density at radius 1 is 1.38 bits per heavy atom. The van der Waals surface area contributed by atoms with Crippen LogP contribution in [0.5, 0.6) is 0 Å². The summed E-state index contributed by atoms with van der Waals surface area (Å²) >= 11 is 5.78. The molecule has 1 saturated heterocycles. The van der Waals surface area contributed by atoms with Gasteiger partial charge in [0.2, 0.25) is 0 Å². The van der Waals surface area contributed by atoms with Crippen LogP contribution in [0.25, 0.3) is 0 Å². The van der Waals surface area contributed by atoms with Gasteiger partial charge in [0.05, 0.1) is 0 Å². The van der Waals surface area contributed by atoms with E-state index in [4.69, 9.17) is 16.3 Å². The van der Waals surface area contributed by atoms with Gasteiger partial charge in [-0.2, -0.15) is 0 Å². The van der Waals surface area contributed by atoms with Crippen molar-refractivity contribution >= 4 is 17.5 Å². The number of hydrogen-bond acceptors (Lipinski definition) is 2. The molecule has 2 unspecified atom stereocenters. The van der Waals surface area contributed by atoms with Crippen molar-refractivity contribution in [1.82, 2.24) is 5.32 Å². The number of ether oxygens (including phenoxy) is 1. The number of hydrogen-bond donors (Lipinski definition) is 1. The van der Waals surface area contributed by atoms with Crippen molar-refractivity contribution < 1.29 is 9.53 Å². The highest BCUT2D eigenvalue weighted by Crippen LogP contribution is 2.39. The lowest BCUT2D eigenvalue weighted by Gasteiger charge is -2.05. The molecule has 0 aromatic heterocycles. The second kappa shape index (κ2) is 4.44. The fraction of sp³-hybridized carbons (Fsp3) is 0.417. The first-order valence-corrected chi connectivity index (χ1v) is 5.67. The minimum Gasteiger partial charge on any atom is -0.354 e. The van der Waals surface area contributed by atoms with Crippen molar-refractivity contribution in [2.24, 2.45) is 0 Å². The SMILES string of the molecule is CC(C)NC(=O)C1OC1c1ccc(Cl)cc1. The Bertz CT molecular complexity index is 389. The zero-order chi connectivity index (χ0) is 11.7. The summed E-state index contributed by atoms with van der Waals surface area (Å²) in [4.78, 5) is 11.6. The maximum absolute atomic E-state index is 11.6. The molecular formula is C12H14ClNO2. The van der Waals surface area contributed by atoms with Crippen LogP contribution in [0.15, 0.2) is 24.3 Å². The molecule has 1 aliphatic rings. The normalized spacial score (nSPS) is 23.2. The van der Waals surface area contributed by atoms with Crippen LogP contribution in [0, 0.1) is 0 Å². The molecule has 1 fully saturated rings. The van der Waals surface area contributed by atoms with Gasteiger partial charge in [0, 0.05) is 11.1 Å². The molecule has 0 aliphatic carbocycles. The molecule has 1 aromatic rings. The molecule has 2 atom stereocenters. The Hall–Kier alpha value is -1.06. The van der Waals surface area contributed by atoms with Crippen LogP contribution in [-0.2, 0) is 9.53 Å². The molecule has 1 N–H and O–H groups in total. The van der Waals surface area contributed by atoms with Gasteiger partial charge in [-0.15, -0.1) is 0 Å². The Morgan fingerprint density at radius 2 is 2.00 bits per heavy atom. The molecule has 1 aliphatic heterocycles. The average Bonchev–Trinajstić information content (AvgIpc) is 2.97. The third kappa shape index (κ3) is 2.54. The van der Waals surface area contributed by atoms with E-state index in [0.29, 0.717) is 5.02 Å². The molecule has 2 rings (SSSR count). The summed E-state index contributed by atoms with van der Waals surface area (Å²) in [6.45, 7) is 3.86. The lowest BCUT2D eigenvalue weighted by Crippen LogP contribution is -2.33. The molecule has 16 heavy (non-hydrogen) atoms. The number of rotatable bonds is 3. The van der Waals surface area contributed by atoms with Crippen LogP contribution < -0.4 is 5.32 Å². The van der Waals surface area contributed by atoms with E-state index in [1.807, 2.05) is 26.0 Å². The van der Waals surface area contributed by atoms with Gasteiger partial charge in [-0.1, -0.05) is 23.7 Å². The van der Waals surface area contributed by atoms with E-state index in [2.05, 4.69) is 5.32 Å². The fourth-order valence-corrected chi connectivity index (χ4v) is 1.71. The van der Waals surface area contributed by atoms with Gasteiger partial charge in [-0.25, -0.2) is 0 Å². The molecule has 1 heterocycles. The first kappa shape index (κ1) is 11.4. The van der Waals surface area contributed by atoms with Gasteiger partial charge in [-0.3, -0.25) is 4.79 Å². The monoisotopic (exact) mass is 239 g/mol. The number of epoxide rings is 1. The lowest BCUT2D eigenvalue weighted by atomic mass is 10.1. The molecule has 0 radical (unpaired) electrons. The molecule has 1 amide bonds. The predicted molar refractivity (Wildman–Crippen MR) is 62.3 cm³/mol. The number of amides is 1. The van der Waals surface area contributed by atoms with Crippen LogP contribution in [0.1, 0.15) is 25.5 Å². The van der Waals surface area contributed by atoms with Crippen LogP contribution in [0.3, 0.4) is 0 Å². The molecule has 1 aromatic carbocycles. The molecule has 86 valence electrons. The average molecular weight is 240 g/mol. The highest BCUT2D eigenvalue weighted by Gasteiger charge is 2.46. The first-order chi connectivity index (χ1) is 7.58. The Balaban J connectivity index is 1.96. The third-order valence-electron chi connectivity index (χ3n) is 2.38. The molecule has 0 saturated carbocycles. The van der Waals surface area contributed by atoms with Crippen LogP contribution >= 0.6 is 11.6 Å². The van der Waals surface area contributed by atoms with Crippen molar-refractivity contribution in [2.45, 2.75) is 32.1 Å². The van der Waals surface area contributed by atoms with Gasteiger partial charge in [0.1, 0.15) is 6.10 Å². The minimum atomic E-state index is -0.344. The second-order valence-electron chi connectivity index (χ2n) is 4.19. The van der Waals surface area contributed by atoms with Gasteiger partial charge in [0.25, 0.3) is 5.91 Å². The molecule has 0 spiro atoms. The summed E-state index contributed by atoms with van der Waals surface area (Å²) in [5.41, 5.74) is 0.994. The van der Waals surface area contributed by atoms with Crippen molar-refractivity contribution in [3.63, 3.8) is 0 Å².